The van der Waals surface area contributed by atoms with E-state index >= 15 is 0 Å². The SMILES string of the molecule is CC(C)(C)c1ccc2c(c1)-c1cc(C(C)(C)C)c[c]([Zr]([C]3=C(c4ccsc4)C=CC3)=[C]3CCCCC3)c1C2.Cl.Cl. The molecule has 2 aromatic carbocycles. The maximum Gasteiger partial charge on any atom is -0.147 e. The Labute approximate surface area is 266 Å². The molecule has 0 unspecified atom stereocenters. The zero-order valence-corrected chi connectivity index (χ0v) is 29.9. The van der Waals surface area contributed by atoms with Crippen molar-refractivity contribution in [1.82, 2.24) is 0 Å². The summed E-state index contributed by atoms with van der Waals surface area (Å²) in [6, 6.07) is 15.0. The molecule has 3 aliphatic rings. The van der Waals surface area contributed by atoms with Crippen molar-refractivity contribution in [3.63, 3.8) is 0 Å². The van der Waals surface area contributed by atoms with E-state index < -0.39 is 21.3 Å². The van der Waals surface area contributed by atoms with Crippen molar-refractivity contribution in [2.45, 2.75) is 97.3 Å². The average molecular weight is 671 g/mol. The molecule has 212 valence electrons. The van der Waals surface area contributed by atoms with Crippen LogP contribution in [0, 0.1) is 0 Å². The number of benzene rings is 2. The number of thiophene rings is 1. The van der Waals surface area contributed by atoms with Gasteiger partial charge in [-0.3, -0.25) is 0 Å². The van der Waals surface area contributed by atoms with Crippen LogP contribution >= 0.6 is 36.2 Å². The fraction of sp³-hybridized carbons (Fsp3) is 0.417. The van der Waals surface area contributed by atoms with Crippen LogP contribution in [0.5, 0.6) is 0 Å². The smallest absolute Gasteiger partial charge is 0.147 e. The van der Waals surface area contributed by atoms with Crippen LogP contribution < -0.4 is 3.27 Å². The summed E-state index contributed by atoms with van der Waals surface area (Å²) in [4.78, 5) is 0. The molecule has 3 aromatic rings. The zero-order valence-electron chi connectivity index (χ0n) is 24.9. The van der Waals surface area contributed by atoms with Crippen molar-refractivity contribution in [3.8, 4) is 11.1 Å². The fourth-order valence-electron chi connectivity index (χ4n) is 6.62. The Kier molecular flexibility index (Phi) is 9.79. The molecule has 4 heteroatoms. The molecular weight excluding hydrogens is 627 g/mol. The van der Waals surface area contributed by atoms with Crippen LogP contribution in [-0.2, 0) is 38.5 Å². The Balaban J connectivity index is 0.00000185. The first-order valence-corrected chi connectivity index (χ1v) is 19.2. The summed E-state index contributed by atoms with van der Waals surface area (Å²) >= 11 is -0.478. The molecular formula is C36H44Cl2SZr. The van der Waals surface area contributed by atoms with Gasteiger partial charge in [0.2, 0.25) is 0 Å². The fourth-order valence-corrected chi connectivity index (χ4v) is 16.2. The number of rotatable bonds is 3. The zero-order chi connectivity index (χ0) is 26.7. The van der Waals surface area contributed by atoms with Crippen LogP contribution in [0.25, 0.3) is 16.7 Å². The van der Waals surface area contributed by atoms with Gasteiger partial charge in [-0.05, 0) is 0 Å². The minimum atomic E-state index is -2.32. The van der Waals surface area contributed by atoms with Crippen molar-refractivity contribution in [3.05, 3.63) is 90.4 Å². The molecule has 1 saturated carbocycles. The molecule has 0 saturated heterocycles. The maximum absolute atomic E-state index is 2.71. The Hall–Kier alpha value is -1.05. The minimum Gasteiger partial charge on any atom is -0.147 e. The van der Waals surface area contributed by atoms with Crippen LogP contribution in [0.3, 0.4) is 0 Å². The molecule has 1 heterocycles. The molecule has 0 radical (unpaired) electrons. The van der Waals surface area contributed by atoms with E-state index in [1.54, 1.807) is 20.0 Å². The molecule has 0 nitrogen and oxygen atoms in total. The maximum atomic E-state index is 2.71. The van der Waals surface area contributed by atoms with E-state index in [1.807, 2.05) is 17.8 Å². The molecule has 1 aromatic heterocycles. The normalized spacial score (nSPS) is 16.4. The first-order valence-electron chi connectivity index (χ1n) is 14.6. The molecule has 0 amide bonds. The molecule has 0 bridgehead atoms. The monoisotopic (exact) mass is 668 g/mol. The van der Waals surface area contributed by atoms with Gasteiger partial charge in [-0.1, -0.05) is 0 Å². The van der Waals surface area contributed by atoms with Crippen molar-refractivity contribution in [2.24, 2.45) is 0 Å². The standard InChI is InChI=1S/C21H25.C9H7S.C6H10.2ClH.Zr/c1-20(2,3)16-9-7-14-11-15-8-10-17(21(4,5)6)13-19(15)18(14)12-16;1-2-4-8(3-1)9-5-6-10-7-9;1-2-4-6-5-3-1;;;/h7,9-10,12-13H,11H2,1-6H3;1,3,5-7H,2H2;1-5H2;2*1H;. The summed E-state index contributed by atoms with van der Waals surface area (Å²) in [5, 5.41) is 4.63. The van der Waals surface area contributed by atoms with Gasteiger partial charge in [0.1, 0.15) is 0 Å². The van der Waals surface area contributed by atoms with Gasteiger partial charge in [-0.15, -0.1) is 24.8 Å². The summed E-state index contributed by atoms with van der Waals surface area (Å²) < 4.78 is 5.61. The van der Waals surface area contributed by atoms with E-state index in [1.165, 1.54) is 66.3 Å². The second-order valence-corrected chi connectivity index (χ2v) is 20.8. The summed E-state index contributed by atoms with van der Waals surface area (Å²) in [6.07, 6.45) is 14.1. The predicted molar refractivity (Wildman–Crippen MR) is 179 cm³/mol. The van der Waals surface area contributed by atoms with Crippen LogP contribution in [0.2, 0.25) is 0 Å². The van der Waals surface area contributed by atoms with Crippen molar-refractivity contribution in [1.29, 1.82) is 0 Å². The number of allylic oxidation sites excluding steroid dienone is 4. The van der Waals surface area contributed by atoms with E-state index in [-0.39, 0.29) is 35.6 Å². The molecule has 1 fully saturated rings. The molecule has 0 N–H and O–H groups in total. The minimum absolute atomic E-state index is 0. The predicted octanol–water partition coefficient (Wildman–Crippen LogP) is 10.5. The van der Waals surface area contributed by atoms with Crippen molar-refractivity contribution in [2.75, 3.05) is 0 Å². The van der Waals surface area contributed by atoms with Gasteiger partial charge in [0, 0.05) is 0 Å². The molecule has 0 aliphatic heterocycles. The second-order valence-electron chi connectivity index (χ2n) is 13.6. The average Bonchev–Trinajstić information content (AvgIpc) is 3.63. The van der Waals surface area contributed by atoms with Crippen LogP contribution in [0.1, 0.15) is 108 Å². The largest absolute Gasteiger partial charge is 0.147 e. The van der Waals surface area contributed by atoms with Crippen LogP contribution in [0.15, 0.2) is 62.6 Å². The summed E-state index contributed by atoms with van der Waals surface area (Å²) in [6.45, 7) is 14.3. The van der Waals surface area contributed by atoms with Gasteiger partial charge in [-0.25, -0.2) is 0 Å². The van der Waals surface area contributed by atoms with E-state index in [4.69, 9.17) is 0 Å². The quantitative estimate of drug-likeness (QED) is 0.204. The summed E-state index contributed by atoms with van der Waals surface area (Å²) in [5.74, 6) is 0. The van der Waals surface area contributed by atoms with Gasteiger partial charge >= 0.3 is 244 Å². The molecule has 40 heavy (non-hydrogen) atoms. The van der Waals surface area contributed by atoms with Crippen LogP contribution in [0.4, 0.5) is 0 Å². The van der Waals surface area contributed by atoms with Crippen molar-refractivity contribution < 1.29 is 21.3 Å². The van der Waals surface area contributed by atoms with Crippen LogP contribution in [-0.4, -0.2) is 3.21 Å². The molecule has 6 rings (SSSR count). The molecule has 0 spiro atoms. The Morgan fingerprint density at radius 1 is 0.775 bits per heavy atom. The van der Waals surface area contributed by atoms with Gasteiger partial charge in [0.25, 0.3) is 0 Å². The van der Waals surface area contributed by atoms with Gasteiger partial charge < -0.3 is 0 Å². The number of fused-ring (bicyclic) bond motifs is 3. The van der Waals surface area contributed by atoms with E-state index in [0.29, 0.717) is 0 Å². The summed E-state index contributed by atoms with van der Waals surface area (Å²) in [7, 11) is 0. The van der Waals surface area contributed by atoms with Gasteiger partial charge in [-0.2, -0.15) is 0 Å². The van der Waals surface area contributed by atoms with E-state index in [0.717, 1.165) is 6.42 Å². The first-order chi connectivity index (χ1) is 18.1. The Morgan fingerprint density at radius 2 is 1.48 bits per heavy atom. The molecule has 3 aliphatic carbocycles. The van der Waals surface area contributed by atoms with Gasteiger partial charge in [0.05, 0.1) is 0 Å². The Morgan fingerprint density at radius 3 is 2.12 bits per heavy atom. The topological polar surface area (TPSA) is 0 Å². The van der Waals surface area contributed by atoms with E-state index in [9.17, 15) is 0 Å². The first kappa shape index (κ1) is 31.9. The summed E-state index contributed by atoms with van der Waals surface area (Å²) in [5.41, 5.74) is 12.6. The third-order valence-electron chi connectivity index (χ3n) is 8.89. The number of hydrogen-bond donors (Lipinski definition) is 0. The third-order valence-corrected chi connectivity index (χ3v) is 17.6. The second kappa shape index (κ2) is 12.3. The number of hydrogen-bond acceptors (Lipinski definition) is 1. The van der Waals surface area contributed by atoms with Crippen molar-refractivity contribution >= 4 is 48.2 Å². The third kappa shape index (κ3) is 6.04. The number of halogens is 2. The Bertz CT molecular complexity index is 1480. The van der Waals surface area contributed by atoms with Gasteiger partial charge in [0.15, 0.2) is 0 Å². The molecule has 0 atom stereocenters. The van der Waals surface area contributed by atoms with E-state index in [2.05, 4.69) is 101 Å².